The summed E-state index contributed by atoms with van der Waals surface area (Å²) in [5.41, 5.74) is 3.07. The van der Waals surface area contributed by atoms with Gasteiger partial charge in [0.2, 0.25) is 0 Å². The molecule has 6 heteroatoms. The van der Waals surface area contributed by atoms with E-state index < -0.39 is 11.9 Å². The summed E-state index contributed by atoms with van der Waals surface area (Å²) in [4.78, 5) is 14.9. The van der Waals surface area contributed by atoms with E-state index in [4.69, 9.17) is 9.47 Å². The number of para-hydroxylation sites is 1. The molecule has 158 valence electrons. The fraction of sp³-hybridized carbons (Fsp3) is 0.160. The Hall–Kier alpha value is -3.25. The number of aliphatic hydroxyl groups is 1. The lowest BCUT2D eigenvalue weighted by atomic mass is 9.93. The molecule has 31 heavy (non-hydrogen) atoms. The number of aliphatic hydroxyl groups excluding tert-OH is 1. The maximum atomic E-state index is 13.2. The van der Waals surface area contributed by atoms with E-state index in [-0.39, 0.29) is 5.76 Å². The first-order valence-electron chi connectivity index (χ1n) is 9.80. The minimum Gasteiger partial charge on any atom is -0.503 e. The second kappa shape index (κ2) is 8.86. The van der Waals surface area contributed by atoms with Gasteiger partial charge in [0.15, 0.2) is 5.76 Å². The van der Waals surface area contributed by atoms with Crippen molar-refractivity contribution < 1.29 is 19.4 Å². The summed E-state index contributed by atoms with van der Waals surface area (Å²) in [5, 5.41) is 10.9. The van der Waals surface area contributed by atoms with Gasteiger partial charge in [-0.1, -0.05) is 64.5 Å². The summed E-state index contributed by atoms with van der Waals surface area (Å²) >= 11 is 3.62. The average Bonchev–Trinajstić information content (AvgIpc) is 3.04. The van der Waals surface area contributed by atoms with E-state index in [9.17, 15) is 9.90 Å². The number of carbonyl (C=O) groups excluding carboxylic acids is 1. The van der Waals surface area contributed by atoms with Crippen LogP contribution in [0, 0.1) is 0 Å². The van der Waals surface area contributed by atoms with Crippen molar-refractivity contribution in [2.75, 3.05) is 14.2 Å². The van der Waals surface area contributed by atoms with Gasteiger partial charge < -0.3 is 19.5 Å². The van der Waals surface area contributed by atoms with Gasteiger partial charge >= 0.3 is 0 Å². The van der Waals surface area contributed by atoms with Gasteiger partial charge in [-0.05, 0) is 35.4 Å². The average molecular weight is 480 g/mol. The Morgan fingerprint density at radius 1 is 0.935 bits per heavy atom. The smallest absolute Gasteiger partial charge is 0.290 e. The topological polar surface area (TPSA) is 59.0 Å². The van der Waals surface area contributed by atoms with Crippen molar-refractivity contribution in [1.82, 2.24) is 4.90 Å². The largest absolute Gasteiger partial charge is 0.503 e. The molecule has 1 aliphatic heterocycles. The summed E-state index contributed by atoms with van der Waals surface area (Å²) < 4.78 is 11.6. The third-order valence-electron chi connectivity index (χ3n) is 5.44. The summed E-state index contributed by atoms with van der Waals surface area (Å²) in [6.45, 7) is 0.290. The second-order valence-electron chi connectivity index (χ2n) is 7.16. The van der Waals surface area contributed by atoms with Crippen LogP contribution < -0.4 is 9.47 Å². The van der Waals surface area contributed by atoms with Gasteiger partial charge in [0.05, 0.1) is 26.8 Å². The zero-order chi connectivity index (χ0) is 22.0. The highest BCUT2D eigenvalue weighted by Crippen LogP contribution is 2.46. The van der Waals surface area contributed by atoms with Crippen LogP contribution in [0.25, 0.3) is 5.57 Å². The normalized spacial score (nSPS) is 16.0. The summed E-state index contributed by atoms with van der Waals surface area (Å²) in [7, 11) is 3.21. The minimum atomic E-state index is -0.471. The van der Waals surface area contributed by atoms with Gasteiger partial charge in [-0.25, -0.2) is 0 Å². The Balaban J connectivity index is 1.83. The van der Waals surface area contributed by atoms with Crippen LogP contribution in [0.3, 0.4) is 0 Å². The van der Waals surface area contributed by atoms with Gasteiger partial charge in [-0.15, -0.1) is 0 Å². The highest BCUT2D eigenvalue weighted by atomic mass is 79.9. The summed E-state index contributed by atoms with van der Waals surface area (Å²) in [5.74, 6) is 0.730. The van der Waals surface area contributed by atoms with Crippen LogP contribution in [0.2, 0.25) is 0 Å². The molecule has 0 unspecified atom stereocenters. The first kappa shape index (κ1) is 21.0. The van der Waals surface area contributed by atoms with Gasteiger partial charge in [0, 0.05) is 15.6 Å². The van der Waals surface area contributed by atoms with Crippen LogP contribution in [0.4, 0.5) is 0 Å². The molecule has 0 saturated carbocycles. The predicted octanol–water partition coefficient (Wildman–Crippen LogP) is 5.52. The third kappa shape index (κ3) is 3.91. The number of benzene rings is 3. The minimum absolute atomic E-state index is 0.249. The Bertz CT molecular complexity index is 1140. The van der Waals surface area contributed by atoms with Crippen molar-refractivity contribution in [3.8, 4) is 11.5 Å². The van der Waals surface area contributed by atoms with E-state index in [0.29, 0.717) is 23.6 Å². The summed E-state index contributed by atoms with van der Waals surface area (Å²) in [6, 6.07) is 22.2. The van der Waals surface area contributed by atoms with E-state index >= 15 is 0 Å². The molecule has 1 aliphatic rings. The number of nitrogens with zero attached hydrogens (tertiary/aromatic N) is 1. The van der Waals surface area contributed by atoms with E-state index in [0.717, 1.165) is 21.2 Å². The fourth-order valence-electron chi connectivity index (χ4n) is 3.92. The number of hydrogen-bond acceptors (Lipinski definition) is 4. The van der Waals surface area contributed by atoms with Crippen LogP contribution in [0.15, 0.2) is 83.0 Å². The Labute approximate surface area is 189 Å². The molecular formula is C25H22BrNO4. The zero-order valence-electron chi connectivity index (χ0n) is 17.2. The second-order valence-corrected chi connectivity index (χ2v) is 8.01. The van der Waals surface area contributed by atoms with E-state index in [2.05, 4.69) is 15.9 Å². The lowest BCUT2D eigenvalue weighted by Crippen LogP contribution is -2.30. The van der Waals surface area contributed by atoms with Crippen LogP contribution in [0.5, 0.6) is 11.5 Å². The molecule has 0 bridgehead atoms. The fourth-order valence-corrected chi connectivity index (χ4v) is 4.42. The van der Waals surface area contributed by atoms with Crippen molar-refractivity contribution in [3.63, 3.8) is 0 Å². The number of rotatable bonds is 6. The molecule has 0 spiro atoms. The first-order chi connectivity index (χ1) is 15.0. The van der Waals surface area contributed by atoms with Crippen molar-refractivity contribution in [3.05, 3.63) is 99.7 Å². The lowest BCUT2D eigenvalue weighted by molar-refractivity contribution is -0.130. The van der Waals surface area contributed by atoms with Crippen LogP contribution in [-0.4, -0.2) is 30.1 Å². The van der Waals surface area contributed by atoms with Gasteiger partial charge in [0.25, 0.3) is 5.91 Å². The maximum Gasteiger partial charge on any atom is 0.290 e. The molecule has 1 atom stereocenters. The standard InChI is InChI=1S/C25H22BrNO4/c1-30-18-13-11-16(12-14-18)22-23(19-8-4-5-9-20(19)26)27(25(29)24(22)28)15-17-7-3-6-10-21(17)31-2/h3-14,23,28H,15H2,1-2H3/t23-/m0/s1. The Morgan fingerprint density at radius 3 is 2.29 bits per heavy atom. The molecule has 5 nitrogen and oxygen atoms in total. The molecule has 0 aromatic heterocycles. The molecule has 1 heterocycles. The monoisotopic (exact) mass is 479 g/mol. The van der Waals surface area contributed by atoms with Gasteiger partial charge in [-0.3, -0.25) is 4.79 Å². The van der Waals surface area contributed by atoms with Crippen LogP contribution >= 0.6 is 15.9 Å². The number of ether oxygens (including phenoxy) is 2. The van der Waals surface area contributed by atoms with Crippen LogP contribution in [0.1, 0.15) is 22.7 Å². The molecule has 3 aromatic carbocycles. The van der Waals surface area contributed by atoms with Gasteiger partial charge in [-0.2, -0.15) is 0 Å². The third-order valence-corrected chi connectivity index (χ3v) is 6.16. The number of hydrogen-bond donors (Lipinski definition) is 1. The van der Waals surface area contributed by atoms with E-state index in [1.807, 2.05) is 72.8 Å². The Morgan fingerprint density at radius 2 is 1.61 bits per heavy atom. The SMILES string of the molecule is COc1ccc(C2=C(O)C(=O)N(Cc3ccccc3OC)[C@H]2c2ccccc2Br)cc1. The maximum absolute atomic E-state index is 13.2. The number of carbonyl (C=O) groups is 1. The van der Waals surface area contributed by atoms with Gasteiger partial charge in [0.1, 0.15) is 11.5 Å². The van der Waals surface area contributed by atoms with Crippen molar-refractivity contribution >= 4 is 27.4 Å². The quantitative estimate of drug-likeness (QED) is 0.505. The van der Waals surface area contributed by atoms with E-state index in [1.165, 1.54) is 0 Å². The lowest BCUT2D eigenvalue weighted by Gasteiger charge is -2.28. The molecule has 0 radical (unpaired) electrons. The zero-order valence-corrected chi connectivity index (χ0v) is 18.8. The van der Waals surface area contributed by atoms with Crippen molar-refractivity contribution in [2.45, 2.75) is 12.6 Å². The first-order valence-corrected chi connectivity index (χ1v) is 10.6. The number of amides is 1. The molecular weight excluding hydrogens is 458 g/mol. The Kier molecular flexibility index (Phi) is 6.00. The van der Waals surface area contributed by atoms with Crippen LogP contribution in [-0.2, 0) is 11.3 Å². The summed E-state index contributed by atoms with van der Waals surface area (Å²) in [6.07, 6.45) is 0. The van der Waals surface area contributed by atoms with Crippen molar-refractivity contribution in [1.29, 1.82) is 0 Å². The molecule has 0 fully saturated rings. The molecule has 0 saturated heterocycles. The highest BCUT2D eigenvalue weighted by molar-refractivity contribution is 9.10. The highest BCUT2D eigenvalue weighted by Gasteiger charge is 2.42. The molecule has 0 aliphatic carbocycles. The molecule has 4 rings (SSSR count). The number of methoxy groups -OCH3 is 2. The van der Waals surface area contributed by atoms with Crippen molar-refractivity contribution in [2.24, 2.45) is 0 Å². The molecule has 3 aromatic rings. The number of halogens is 1. The molecule has 1 amide bonds. The van der Waals surface area contributed by atoms with E-state index in [1.54, 1.807) is 19.1 Å². The predicted molar refractivity (Wildman–Crippen MR) is 123 cm³/mol. The molecule has 1 N–H and O–H groups in total.